The lowest BCUT2D eigenvalue weighted by Crippen LogP contribution is -2.56. The molecule has 1 aromatic heterocycles. The van der Waals surface area contributed by atoms with Gasteiger partial charge in [0.1, 0.15) is 0 Å². The second-order valence-corrected chi connectivity index (χ2v) is 12.5. The van der Waals surface area contributed by atoms with Crippen molar-refractivity contribution >= 4 is 0 Å². The molecule has 4 aliphatic rings. The van der Waals surface area contributed by atoms with Gasteiger partial charge >= 0.3 is 0 Å². The van der Waals surface area contributed by atoms with Crippen LogP contribution in [0, 0.1) is 53.3 Å². The summed E-state index contributed by atoms with van der Waals surface area (Å²) in [5.74, 6) is 5.53. The van der Waals surface area contributed by atoms with Crippen molar-refractivity contribution in [3.05, 3.63) is 5.82 Å². The molecule has 0 saturated heterocycles. The third kappa shape index (κ3) is 3.40. The van der Waals surface area contributed by atoms with Crippen LogP contribution in [0.25, 0.3) is 0 Å². The lowest BCUT2D eigenvalue weighted by Gasteiger charge is -2.62. The van der Waals surface area contributed by atoms with Gasteiger partial charge in [-0.2, -0.15) is 4.80 Å². The molecule has 0 unspecified atom stereocenters. The van der Waals surface area contributed by atoms with Gasteiger partial charge in [0, 0.05) is 0 Å². The highest BCUT2D eigenvalue weighted by Gasteiger charge is 2.61. The average Bonchev–Trinajstić information content (AvgIpc) is 3.31. The standard InChI is InChI=1S/C26H44N4O/c1-6-26(31)14-13-24(4)19(15-26)7-8-20-22-10-9-21(25(22,5)12-11-23(20)24)17(2)16-30-28-18(3)27-29-30/h17,19-23,31H,6-16H2,1-5H3/t17-,19-,20-,21+,22-,23-,24-,25+,26+/m0/s1. The van der Waals surface area contributed by atoms with Crippen LogP contribution in [-0.2, 0) is 6.54 Å². The maximum absolute atomic E-state index is 11.0. The zero-order valence-electron chi connectivity index (χ0n) is 20.5. The molecule has 4 saturated carbocycles. The number of aryl methyl sites for hydroxylation is 1. The van der Waals surface area contributed by atoms with Gasteiger partial charge < -0.3 is 5.11 Å². The largest absolute Gasteiger partial charge is 0.390 e. The van der Waals surface area contributed by atoms with E-state index in [4.69, 9.17) is 0 Å². The summed E-state index contributed by atoms with van der Waals surface area (Å²) in [5.41, 5.74) is 0.539. The van der Waals surface area contributed by atoms with Crippen LogP contribution in [0.4, 0.5) is 0 Å². The van der Waals surface area contributed by atoms with Crippen LogP contribution in [0.2, 0.25) is 0 Å². The molecule has 0 amide bonds. The number of aliphatic hydroxyl groups is 1. The second kappa shape index (κ2) is 7.53. The molecule has 0 radical (unpaired) electrons. The van der Waals surface area contributed by atoms with E-state index in [2.05, 4.69) is 43.1 Å². The number of tetrazole rings is 1. The van der Waals surface area contributed by atoms with Gasteiger partial charge in [-0.15, -0.1) is 10.2 Å². The quantitative estimate of drug-likeness (QED) is 0.696. The number of fused-ring (bicyclic) bond motifs is 5. The van der Waals surface area contributed by atoms with Crippen molar-refractivity contribution in [2.45, 2.75) is 111 Å². The van der Waals surface area contributed by atoms with Gasteiger partial charge in [0.05, 0.1) is 12.1 Å². The van der Waals surface area contributed by atoms with Crippen LogP contribution < -0.4 is 0 Å². The van der Waals surface area contributed by atoms with Gasteiger partial charge in [-0.25, -0.2) is 0 Å². The highest BCUT2D eigenvalue weighted by molar-refractivity contribution is 5.10. The highest BCUT2D eigenvalue weighted by Crippen LogP contribution is 2.68. The van der Waals surface area contributed by atoms with Gasteiger partial charge in [-0.3, -0.25) is 0 Å². The Morgan fingerprint density at radius 3 is 2.52 bits per heavy atom. The molecule has 5 heteroatoms. The highest BCUT2D eigenvalue weighted by atomic mass is 16.3. The van der Waals surface area contributed by atoms with Crippen LogP contribution in [-0.4, -0.2) is 30.9 Å². The topological polar surface area (TPSA) is 63.8 Å². The van der Waals surface area contributed by atoms with E-state index in [1.807, 2.05) is 11.7 Å². The zero-order valence-corrected chi connectivity index (χ0v) is 20.5. The fourth-order valence-electron chi connectivity index (χ4n) is 9.40. The Hall–Kier alpha value is -0.970. The smallest absolute Gasteiger partial charge is 0.171 e. The Bertz CT molecular complexity index is 809. The first-order valence-electron chi connectivity index (χ1n) is 13.2. The number of rotatable bonds is 4. The minimum Gasteiger partial charge on any atom is -0.390 e. The molecule has 4 fully saturated rings. The maximum atomic E-state index is 11.0. The molecule has 5 rings (SSSR count). The first kappa shape index (κ1) is 21.9. The molecule has 31 heavy (non-hydrogen) atoms. The molecule has 0 aliphatic heterocycles. The Balaban J connectivity index is 1.33. The fraction of sp³-hybridized carbons (Fsp3) is 0.962. The van der Waals surface area contributed by atoms with Crippen LogP contribution in [0.5, 0.6) is 0 Å². The summed E-state index contributed by atoms with van der Waals surface area (Å²) in [4.78, 5) is 1.82. The van der Waals surface area contributed by atoms with E-state index >= 15 is 0 Å². The number of hydrogen-bond donors (Lipinski definition) is 1. The predicted octanol–water partition coefficient (Wildman–Crippen LogP) is 5.42. The lowest BCUT2D eigenvalue weighted by molar-refractivity contribution is -0.152. The molecule has 0 aromatic carbocycles. The Labute approximate surface area is 188 Å². The Morgan fingerprint density at radius 2 is 1.81 bits per heavy atom. The SMILES string of the molecule is CC[C@@]1(O)CC[C@@]2(C)[C@@H](CC[C@@H]3[C@@H]2CC[C@]2(C)[C@@H]([C@@H](C)Cn4nnc(C)n4)CC[C@@H]32)C1. The van der Waals surface area contributed by atoms with Crippen molar-refractivity contribution < 1.29 is 5.11 Å². The summed E-state index contributed by atoms with van der Waals surface area (Å²) in [6.45, 7) is 12.7. The Morgan fingerprint density at radius 1 is 1.03 bits per heavy atom. The third-order valence-electron chi connectivity index (χ3n) is 11.2. The zero-order chi connectivity index (χ0) is 22.0. The molecule has 4 aliphatic carbocycles. The number of hydrogen-bond acceptors (Lipinski definition) is 4. The third-order valence-corrected chi connectivity index (χ3v) is 11.2. The summed E-state index contributed by atoms with van der Waals surface area (Å²) >= 11 is 0. The first-order valence-corrected chi connectivity index (χ1v) is 13.2. The van der Waals surface area contributed by atoms with Gasteiger partial charge in [-0.05, 0) is 123 Å². The normalized spacial score (nSPS) is 48.0. The average molecular weight is 429 g/mol. The van der Waals surface area contributed by atoms with Crippen molar-refractivity contribution in [2.24, 2.45) is 46.3 Å². The molecule has 0 spiro atoms. The van der Waals surface area contributed by atoms with Gasteiger partial charge in [0.2, 0.25) is 0 Å². The molecule has 9 atom stereocenters. The fourth-order valence-corrected chi connectivity index (χ4v) is 9.40. The minimum atomic E-state index is -0.387. The van der Waals surface area contributed by atoms with E-state index < -0.39 is 0 Å². The van der Waals surface area contributed by atoms with E-state index in [9.17, 15) is 5.11 Å². The summed E-state index contributed by atoms with van der Waals surface area (Å²) < 4.78 is 0. The monoisotopic (exact) mass is 428 g/mol. The predicted molar refractivity (Wildman–Crippen MR) is 122 cm³/mol. The van der Waals surface area contributed by atoms with Gasteiger partial charge in [0.25, 0.3) is 0 Å². The second-order valence-electron chi connectivity index (χ2n) is 12.5. The van der Waals surface area contributed by atoms with Crippen molar-refractivity contribution in [3.8, 4) is 0 Å². The van der Waals surface area contributed by atoms with Crippen LogP contribution in [0.3, 0.4) is 0 Å². The van der Waals surface area contributed by atoms with Crippen LogP contribution in [0.1, 0.15) is 97.7 Å². The van der Waals surface area contributed by atoms with Crippen molar-refractivity contribution in [1.82, 2.24) is 20.2 Å². The number of aromatic nitrogens is 4. The van der Waals surface area contributed by atoms with Crippen LogP contribution >= 0.6 is 0 Å². The summed E-state index contributed by atoms with van der Waals surface area (Å²) in [6, 6.07) is 0. The molecule has 174 valence electrons. The van der Waals surface area contributed by atoms with E-state index in [1.165, 1.54) is 44.9 Å². The molecule has 1 N–H and O–H groups in total. The maximum Gasteiger partial charge on any atom is 0.171 e. The summed E-state index contributed by atoms with van der Waals surface area (Å²) in [7, 11) is 0. The molecular weight excluding hydrogens is 384 g/mol. The minimum absolute atomic E-state index is 0.387. The van der Waals surface area contributed by atoms with E-state index in [1.54, 1.807) is 0 Å². The lowest BCUT2D eigenvalue weighted by atomic mass is 9.43. The van der Waals surface area contributed by atoms with E-state index in [0.29, 0.717) is 16.7 Å². The van der Waals surface area contributed by atoms with Crippen molar-refractivity contribution in [1.29, 1.82) is 0 Å². The Kier molecular flexibility index (Phi) is 5.31. The molecular formula is C26H44N4O. The molecule has 1 aromatic rings. The summed E-state index contributed by atoms with van der Waals surface area (Å²) in [5, 5.41) is 23.8. The molecule has 0 bridgehead atoms. The first-order chi connectivity index (χ1) is 14.7. The van der Waals surface area contributed by atoms with Gasteiger partial charge in [-0.1, -0.05) is 27.7 Å². The number of nitrogens with zero attached hydrogens (tertiary/aromatic N) is 4. The van der Waals surface area contributed by atoms with Crippen LogP contribution in [0.15, 0.2) is 0 Å². The molecule has 1 heterocycles. The summed E-state index contributed by atoms with van der Waals surface area (Å²) in [6.07, 6.45) is 12.5. The van der Waals surface area contributed by atoms with E-state index in [-0.39, 0.29) is 5.60 Å². The van der Waals surface area contributed by atoms with Crippen molar-refractivity contribution in [2.75, 3.05) is 0 Å². The molecule has 5 nitrogen and oxygen atoms in total. The van der Waals surface area contributed by atoms with Gasteiger partial charge in [0.15, 0.2) is 5.82 Å². The van der Waals surface area contributed by atoms with E-state index in [0.717, 1.165) is 61.2 Å². The van der Waals surface area contributed by atoms with Crippen molar-refractivity contribution in [3.63, 3.8) is 0 Å².